The molecule has 24 heavy (non-hydrogen) atoms. The van der Waals surface area contributed by atoms with Crippen LogP contribution in [0.3, 0.4) is 0 Å². The van der Waals surface area contributed by atoms with Gasteiger partial charge in [0.05, 0.1) is 5.75 Å². The van der Waals surface area contributed by atoms with Crippen LogP contribution in [-0.4, -0.2) is 27.9 Å². The molecule has 0 aliphatic rings. The molecule has 3 aromatic rings. The zero-order valence-corrected chi connectivity index (χ0v) is 14.2. The maximum atomic E-state index is 12.4. The summed E-state index contributed by atoms with van der Waals surface area (Å²) in [6.45, 7) is 3.76. The van der Waals surface area contributed by atoms with Crippen molar-refractivity contribution in [2.75, 3.05) is 4.72 Å². The van der Waals surface area contributed by atoms with Gasteiger partial charge in [-0.05, 0) is 19.4 Å². The summed E-state index contributed by atoms with van der Waals surface area (Å²) >= 11 is 0. The summed E-state index contributed by atoms with van der Waals surface area (Å²) in [7, 11) is -3.57. The van der Waals surface area contributed by atoms with E-state index < -0.39 is 10.0 Å². The second-order valence-corrected chi connectivity index (χ2v) is 7.18. The Balaban J connectivity index is 1.81. The van der Waals surface area contributed by atoms with Crippen LogP contribution >= 0.6 is 0 Å². The maximum Gasteiger partial charge on any atom is 0.238 e. The number of hydrogen-bond acceptors (Lipinski definition) is 5. The summed E-state index contributed by atoms with van der Waals surface area (Å²) in [5.74, 6) is 1.41. The van der Waals surface area contributed by atoms with Gasteiger partial charge in [-0.2, -0.15) is 0 Å². The third-order valence-electron chi connectivity index (χ3n) is 3.42. The van der Waals surface area contributed by atoms with E-state index in [1.54, 1.807) is 29.1 Å². The first kappa shape index (κ1) is 16.1. The van der Waals surface area contributed by atoms with Crippen LogP contribution in [0.2, 0.25) is 0 Å². The second-order valence-electron chi connectivity index (χ2n) is 5.46. The highest BCUT2D eigenvalue weighted by Gasteiger charge is 2.14. The molecule has 1 aromatic carbocycles. The highest BCUT2D eigenvalue weighted by atomic mass is 32.2. The molecule has 124 valence electrons. The summed E-state index contributed by atoms with van der Waals surface area (Å²) in [6, 6.07) is 8.97. The van der Waals surface area contributed by atoms with Crippen LogP contribution in [0.5, 0.6) is 0 Å². The van der Waals surface area contributed by atoms with E-state index in [4.69, 9.17) is 0 Å². The number of benzene rings is 1. The molecular formula is C16H17N5O2S. The smallest absolute Gasteiger partial charge is 0.238 e. The fourth-order valence-corrected chi connectivity index (χ4v) is 3.49. The van der Waals surface area contributed by atoms with Gasteiger partial charge in [0.25, 0.3) is 0 Å². The molecule has 0 saturated heterocycles. The number of imidazole rings is 1. The van der Waals surface area contributed by atoms with Crippen molar-refractivity contribution in [2.45, 2.75) is 19.6 Å². The van der Waals surface area contributed by atoms with Crippen molar-refractivity contribution in [1.29, 1.82) is 0 Å². The van der Waals surface area contributed by atoms with E-state index in [9.17, 15) is 8.42 Å². The Hall–Kier alpha value is -2.74. The first-order valence-corrected chi connectivity index (χ1v) is 8.96. The van der Waals surface area contributed by atoms with Crippen molar-refractivity contribution in [3.63, 3.8) is 0 Å². The van der Waals surface area contributed by atoms with Gasteiger partial charge in [0.2, 0.25) is 10.0 Å². The van der Waals surface area contributed by atoms with Crippen LogP contribution in [0.15, 0.2) is 49.1 Å². The van der Waals surface area contributed by atoms with Gasteiger partial charge in [0, 0.05) is 18.5 Å². The van der Waals surface area contributed by atoms with Crippen molar-refractivity contribution in [1.82, 2.24) is 19.5 Å². The molecule has 0 amide bonds. The first-order chi connectivity index (χ1) is 11.4. The number of nitrogens with one attached hydrogen (secondary N) is 1. The molecule has 0 bridgehead atoms. The molecule has 0 aliphatic carbocycles. The van der Waals surface area contributed by atoms with Crippen molar-refractivity contribution < 1.29 is 8.42 Å². The van der Waals surface area contributed by atoms with Crippen LogP contribution in [0.1, 0.15) is 17.0 Å². The third-order valence-corrected chi connectivity index (χ3v) is 4.66. The summed E-state index contributed by atoms with van der Waals surface area (Å²) in [6.07, 6.45) is 4.72. The normalized spacial score (nSPS) is 11.4. The molecule has 1 N–H and O–H groups in total. The van der Waals surface area contributed by atoms with E-state index in [0.717, 1.165) is 17.0 Å². The Labute approximate surface area is 140 Å². The van der Waals surface area contributed by atoms with E-state index >= 15 is 0 Å². The number of hydrogen-bond donors (Lipinski definition) is 1. The zero-order chi connectivity index (χ0) is 17.2. The van der Waals surface area contributed by atoms with E-state index in [1.165, 1.54) is 6.33 Å². The lowest BCUT2D eigenvalue weighted by Gasteiger charge is -2.09. The minimum absolute atomic E-state index is 0.113. The molecule has 0 unspecified atom stereocenters. The molecule has 3 rings (SSSR count). The Morgan fingerprint density at radius 1 is 1.12 bits per heavy atom. The molecule has 7 nitrogen and oxygen atoms in total. The Kier molecular flexibility index (Phi) is 4.30. The number of rotatable bonds is 5. The van der Waals surface area contributed by atoms with Crippen LogP contribution in [0.25, 0.3) is 5.82 Å². The number of sulfonamides is 1. The SMILES string of the molecule is Cc1cccc(CS(=O)(=O)Nc2cc(-n3ccnc3C)ncn2)c1. The number of aromatic nitrogens is 4. The van der Waals surface area contributed by atoms with Crippen LogP contribution in [0, 0.1) is 13.8 Å². The second kappa shape index (κ2) is 6.40. The standard InChI is InChI=1S/C16H17N5O2S/c1-12-4-3-5-14(8-12)10-24(22,23)20-15-9-16(19-11-18-15)21-7-6-17-13(21)2/h3-9,11H,10H2,1-2H3,(H,18,19,20). The zero-order valence-electron chi connectivity index (χ0n) is 13.3. The molecule has 2 aromatic heterocycles. The van der Waals surface area contributed by atoms with E-state index in [2.05, 4.69) is 19.7 Å². The van der Waals surface area contributed by atoms with Gasteiger partial charge in [-0.25, -0.2) is 23.4 Å². The van der Waals surface area contributed by atoms with E-state index in [-0.39, 0.29) is 11.6 Å². The van der Waals surface area contributed by atoms with Crippen molar-refractivity contribution in [3.8, 4) is 5.82 Å². The molecule has 8 heteroatoms. The van der Waals surface area contributed by atoms with E-state index in [0.29, 0.717) is 5.82 Å². The summed E-state index contributed by atoms with van der Waals surface area (Å²) in [5, 5.41) is 0. The summed E-state index contributed by atoms with van der Waals surface area (Å²) < 4.78 is 29.0. The Morgan fingerprint density at radius 2 is 1.96 bits per heavy atom. The van der Waals surface area contributed by atoms with Gasteiger partial charge in [0.1, 0.15) is 23.8 Å². The van der Waals surface area contributed by atoms with Gasteiger partial charge < -0.3 is 0 Å². The van der Waals surface area contributed by atoms with Crippen molar-refractivity contribution >= 4 is 15.8 Å². The minimum Gasteiger partial charge on any atom is -0.288 e. The fraction of sp³-hybridized carbons (Fsp3) is 0.188. The van der Waals surface area contributed by atoms with Crippen molar-refractivity contribution in [3.05, 3.63) is 66.0 Å². The summed E-state index contributed by atoms with van der Waals surface area (Å²) in [4.78, 5) is 12.3. The number of aryl methyl sites for hydroxylation is 2. The predicted molar refractivity (Wildman–Crippen MR) is 91.3 cm³/mol. The van der Waals surface area contributed by atoms with Gasteiger partial charge in [-0.1, -0.05) is 29.8 Å². The molecule has 0 saturated carbocycles. The highest BCUT2D eigenvalue weighted by Crippen LogP contribution is 2.14. The quantitative estimate of drug-likeness (QED) is 0.767. The van der Waals surface area contributed by atoms with Gasteiger partial charge >= 0.3 is 0 Å². The minimum atomic E-state index is -3.57. The van der Waals surface area contributed by atoms with Crippen LogP contribution in [0.4, 0.5) is 5.82 Å². The molecule has 0 atom stereocenters. The van der Waals surface area contributed by atoms with Crippen molar-refractivity contribution in [2.24, 2.45) is 0 Å². The van der Waals surface area contributed by atoms with Gasteiger partial charge in [-0.3, -0.25) is 9.29 Å². The monoisotopic (exact) mass is 343 g/mol. The van der Waals surface area contributed by atoms with Gasteiger partial charge in [0.15, 0.2) is 0 Å². The number of nitrogens with zero attached hydrogens (tertiary/aromatic N) is 4. The molecule has 0 radical (unpaired) electrons. The van der Waals surface area contributed by atoms with Gasteiger partial charge in [-0.15, -0.1) is 0 Å². The third kappa shape index (κ3) is 3.77. The lowest BCUT2D eigenvalue weighted by molar-refractivity contribution is 0.600. The van der Waals surface area contributed by atoms with Crippen LogP contribution in [-0.2, 0) is 15.8 Å². The first-order valence-electron chi connectivity index (χ1n) is 7.31. The van der Waals surface area contributed by atoms with Crippen LogP contribution < -0.4 is 4.72 Å². The Bertz CT molecular complexity index is 966. The Morgan fingerprint density at radius 3 is 2.67 bits per heavy atom. The highest BCUT2D eigenvalue weighted by molar-refractivity contribution is 7.91. The van der Waals surface area contributed by atoms with E-state index in [1.807, 2.05) is 32.0 Å². The number of anilines is 1. The summed E-state index contributed by atoms with van der Waals surface area (Å²) in [5.41, 5.74) is 1.74. The topological polar surface area (TPSA) is 89.8 Å². The molecule has 0 aliphatic heterocycles. The average molecular weight is 343 g/mol. The fourth-order valence-electron chi connectivity index (χ4n) is 2.37. The molecule has 2 heterocycles. The maximum absolute atomic E-state index is 12.4. The lowest BCUT2D eigenvalue weighted by atomic mass is 10.2. The lowest BCUT2D eigenvalue weighted by Crippen LogP contribution is -2.16. The average Bonchev–Trinajstić information content (AvgIpc) is 2.92. The molecule has 0 fully saturated rings. The largest absolute Gasteiger partial charge is 0.288 e. The predicted octanol–water partition coefficient (Wildman–Crippen LogP) is 2.22. The molecular weight excluding hydrogens is 326 g/mol. The molecule has 0 spiro atoms.